The molecule has 0 atom stereocenters. The molecule has 0 fully saturated rings. The average molecular weight is 469 g/mol. The first kappa shape index (κ1) is 21.6. The Morgan fingerprint density at radius 3 is 2.68 bits per heavy atom. The number of hydrogen-bond donors (Lipinski definition) is 4. The molecule has 0 saturated carbocycles. The van der Waals surface area contributed by atoms with Crippen molar-refractivity contribution in [1.82, 2.24) is 25.8 Å². The van der Waals surface area contributed by atoms with Crippen LogP contribution < -0.4 is 16.2 Å². The minimum Gasteiger partial charge on any atom is -0.360 e. The number of hydrogen-bond acceptors (Lipinski definition) is 5. The van der Waals surface area contributed by atoms with E-state index in [2.05, 4.69) is 37.2 Å². The molecule has 5 rings (SSSR count). The molecule has 1 amide bonds. The highest BCUT2D eigenvalue weighted by atomic mass is 35.5. The molecule has 0 aliphatic carbocycles. The second-order valence-electron chi connectivity index (χ2n) is 7.65. The number of para-hydroxylation sites is 1. The Balaban J connectivity index is 1.22. The van der Waals surface area contributed by atoms with Crippen LogP contribution in [0.25, 0.3) is 22.2 Å². The summed E-state index contributed by atoms with van der Waals surface area (Å²) >= 11 is 5.98. The molecule has 0 radical (unpaired) electrons. The summed E-state index contributed by atoms with van der Waals surface area (Å²) in [5, 5.41) is 4.96. The topological polar surface area (TPSA) is 94.7 Å². The van der Waals surface area contributed by atoms with Gasteiger partial charge in [0.05, 0.1) is 5.69 Å². The van der Waals surface area contributed by atoms with Crippen molar-refractivity contribution in [3.63, 3.8) is 0 Å². The van der Waals surface area contributed by atoms with E-state index in [1.54, 1.807) is 18.3 Å². The zero-order chi connectivity index (χ0) is 23.3. The first-order valence-corrected chi connectivity index (χ1v) is 11.1. The molecule has 2 heterocycles. The van der Waals surface area contributed by atoms with Crippen molar-refractivity contribution in [3.05, 3.63) is 107 Å². The number of hydrazine groups is 1. The summed E-state index contributed by atoms with van der Waals surface area (Å²) < 4.78 is 0. The number of carbonyl (C=O) groups excluding carboxylic acids is 1. The maximum Gasteiger partial charge on any atom is 0.265 e. The number of halogens is 1. The molecular weight excluding hydrogens is 448 g/mol. The number of nitrogens with zero attached hydrogens (tertiary/aromatic N) is 2. The quantitative estimate of drug-likeness (QED) is 0.238. The van der Waals surface area contributed by atoms with Gasteiger partial charge in [-0.3, -0.25) is 10.2 Å². The lowest BCUT2D eigenvalue weighted by atomic mass is 10.1. The first-order valence-electron chi connectivity index (χ1n) is 10.7. The van der Waals surface area contributed by atoms with Gasteiger partial charge in [0, 0.05) is 51.7 Å². The number of rotatable bonds is 7. The molecule has 2 aromatic heterocycles. The van der Waals surface area contributed by atoms with Crippen molar-refractivity contribution >= 4 is 40.0 Å². The van der Waals surface area contributed by atoms with Crippen LogP contribution in [0.5, 0.6) is 0 Å². The fourth-order valence-corrected chi connectivity index (χ4v) is 3.84. The third-order valence-electron chi connectivity index (χ3n) is 5.31. The Labute approximate surface area is 201 Å². The van der Waals surface area contributed by atoms with Crippen molar-refractivity contribution in [1.29, 1.82) is 0 Å². The molecule has 0 spiro atoms. The van der Waals surface area contributed by atoms with Gasteiger partial charge in [-0.15, -0.1) is 0 Å². The van der Waals surface area contributed by atoms with Gasteiger partial charge in [0.1, 0.15) is 0 Å². The van der Waals surface area contributed by atoms with Gasteiger partial charge in [-0.2, -0.15) is 0 Å². The smallest absolute Gasteiger partial charge is 0.265 e. The van der Waals surface area contributed by atoms with Crippen LogP contribution in [0.3, 0.4) is 0 Å². The van der Waals surface area contributed by atoms with E-state index < -0.39 is 0 Å². The van der Waals surface area contributed by atoms with E-state index in [-0.39, 0.29) is 5.91 Å². The number of carbonyl (C=O) groups is 1. The molecule has 4 N–H and O–H groups in total. The van der Waals surface area contributed by atoms with Crippen molar-refractivity contribution < 1.29 is 4.79 Å². The number of fused-ring (bicyclic) bond motifs is 1. The lowest BCUT2D eigenvalue weighted by molar-refractivity contribution is 0.0932. The van der Waals surface area contributed by atoms with E-state index in [0.717, 1.165) is 33.4 Å². The Hall–Kier alpha value is -4.20. The molecule has 8 heteroatoms. The molecule has 7 nitrogen and oxygen atoms in total. The highest BCUT2D eigenvalue weighted by Crippen LogP contribution is 2.27. The average Bonchev–Trinajstić information content (AvgIpc) is 3.29. The van der Waals surface area contributed by atoms with Crippen LogP contribution in [-0.4, -0.2) is 20.9 Å². The van der Waals surface area contributed by atoms with Gasteiger partial charge in [0.2, 0.25) is 5.95 Å². The summed E-state index contributed by atoms with van der Waals surface area (Å²) in [5.41, 5.74) is 10.8. The summed E-state index contributed by atoms with van der Waals surface area (Å²) in [6.07, 6.45) is 3.67. The lowest BCUT2D eigenvalue weighted by Gasteiger charge is -2.09. The number of aromatic nitrogens is 3. The summed E-state index contributed by atoms with van der Waals surface area (Å²) in [5.74, 6) is 0.245. The summed E-state index contributed by atoms with van der Waals surface area (Å²) in [6, 6.07) is 24.5. The zero-order valence-electron chi connectivity index (χ0n) is 18.0. The van der Waals surface area contributed by atoms with E-state index in [4.69, 9.17) is 11.6 Å². The van der Waals surface area contributed by atoms with E-state index >= 15 is 0 Å². The molecule has 0 saturated heterocycles. The van der Waals surface area contributed by atoms with Crippen LogP contribution >= 0.6 is 11.6 Å². The normalized spacial score (nSPS) is 10.9. The second kappa shape index (κ2) is 9.74. The Morgan fingerprint density at radius 1 is 0.971 bits per heavy atom. The standard InChI is InChI=1S/C26H21ClN6O/c27-19-5-3-4-17(14-19)15-30-33-25(34)18-8-10-20(11-9-18)31-26-28-13-12-24(32-26)22-16-29-23-7-2-1-6-21(22)23/h1-14,16,29-30H,15H2,(H,33,34)(H,28,31,32). The van der Waals surface area contributed by atoms with Gasteiger partial charge in [0.25, 0.3) is 5.91 Å². The molecule has 0 aliphatic rings. The Bertz CT molecular complexity index is 1450. The fourth-order valence-electron chi connectivity index (χ4n) is 3.63. The predicted octanol–water partition coefficient (Wildman–Crippen LogP) is 5.46. The van der Waals surface area contributed by atoms with Gasteiger partial charge in [-0.05, 0) is 54.1 Å². The number of nitrogens with one attached hydrogen (secondary N) is 4. The molecule has 0 aliphatic heterocycles. The number of H-pyrrole nitrogens is 1. The highest BCUT2D eigenvalue weighted by Gasteiger charge is 2.09. The molecule has 0 unspecified atom stereocenters. The van der Waals surface area contributed by atoms with E-state index in [9.17, 15) is 4.79 Å². The summed E-state index contributed by atoms with van der Waals surface area (Å²) in [6.45, 7) is 0.468. The van der Waals surface area contributed by atoms with Crippen LogP contribution in [0, 0.1) is 0 Å². The van der Waals surface area contributed by atoms with Crippen molar-refractivity contribution in [3.8, 4) is 11.3 Å². The minimum atomic E-state index is -0.230. The van der Waals surface area contributed by atoms with Gasteiger partial charge >= 0.3 is 0 Å². The predicted molar refractivity (Wildman–Crippen MR) is 135 cm³/mol. The van der Waals surface area contributed by atoms with Crippen LogP contribution in [0.2, 0.25) is 5.02 Å². The van der Waals surface area contributed by atoms with Crippen LogP contribution in [0.1, 0.15) is 15.9 Å². The third-order valence-corrected chi connectivity index (χ3v) is 5.54. The third kappa shape index (κ3) is 4.91. The zero-order valence-corrected chi connectivity index (χ0v) is 18.8. The first-order chi connectivity index (χ1) is 16.7. The summed E-state index contributed by atoms with van der Waals surface area (Å²) in [4.78, 5) is 24.7. The van der Waals surface area contributed by atoms with Gasteiger partial charge < -0.3 is 10.3 Å². The number of amides is 1. The number of aromatic amines is 1. The van der Waals surface area contributed by atoms with Gasteiger partial charge in [-0.1, -0.05) is 41.9 Å². The largest absolute Gasteiger partial charge is 0.360 e. The summed E-state index contributed by atoms with van der Waals surface area (Å²) in [7, 11) is 0. The number of benzene rings is 3. The maximum atomic E-state index is 12.4. The van der Waals surface area contributed by atoms with Crippen LogP contribution in [-0.2, 0) is 6.54 Å². The van der Waals surface area contributed by atoms with E-state index in [1.807, 2.05) is 66.9 Å². The molecule has 3 aromatic carbocycles. The molecule has 168 valence electrons. The maximum absolute atomic E-state index is 12.4. The minimum absolute atomic E-state index is 0.230. The van der Waals surface area contributed by atoms with Crippen molar-refractivity contribution in [2.24, 2.45) is 0 Å². The van der Waals surface area contributed by atoms with Crippen molar-refractivity contribution in [2.45, 2.75) is 6.54 Å². The Kier molecular flexibility index (Phi) is 6.20. The lowest BCUT2D eigenvalue weighted by Crippen LogP contribution is -2.36. The van der Waals surface area contributed by atoms with Crippen LogP contribution in [0.4, 0.5) is 11.6 Å². The molecule has 34 heavy (non-hydrogen) atoms. The Morgan fingerprint density at radius 2 is 1.82 bits per heavy atom. The molecule has 5 aromatic rings. The molecule has 0 bridgehead atoms. The molecular formula is C26H21ClN6O. The second-order valence-corrected chi connectivity index (χ2v) is 8.09. The van der Waals surface area contributed by atoms with E-state index in [0.29, 0.717) is 23.1 Å². The van der Waals surface area contributed by atoms with Gasteiger partial charge in [0.15, 0.2) is 0 Å². The SMILES string of the molecule is O=C(NNCc1cccc(Cl)c1)c1ccc(Nc2nccc(-c3c[nH]c4ccccc34)n2)cc1. The number of anilines is 2. The highest BCUT2D eigenvalue weighted by molar-refractivity contribution is 6.30. The van der Waals surface area contributed by atoms with E-state index in [1.165, 1.54) is 0 Å². The van der Waals surface area contributed by atoms with Crippen LogP contribution in [0.15, 0.2) is 91.3 Å². The van der Waals surface area contributed by atoms with Crippen molar-refractivity contribution in [2.75, 3.05) is 5.32 Å². The van der Waals surface area contributed by atoms with Gasteiger partial charge in [-0.25, -0.2) is 15.4 Å². The fraction of sp³-hybridized carbons (Fsp3) is 0.0385. The monoisotopic (exact) mass is 468 g/mol.